The van der Waals surface area contributed by atoms with Crippen LogP contribution >= 0.6 is 10.7 Å². The van der Waals surface area contributed by atoms with E-state index in [2.05, 4.69) is 0 Å². The van der Waals surface area contributed by atoms with Crippen molar-refractivity contribution >= 4 is 19.9 Å². The van der Waals surface area contributed by atoms with Gasteiger partial charge in [0.2, 0.25) is 0 Å². The summed E-state index contributed by atoms with van der Waals surface area (Å²) in [6.07, 6.45) is 0. The van der Waals surface area contributed by atoms with E-state index in [1.54, 1.807) is 26.0 Å². The van der Waals surface area contributed by atoms with E-state index in [1.807, 2.05) is 0 Å². The lowest BCUT2D eigenvalue weighted by molar-refractivity contribution is 0.351. The predicted octanol–water partition coefficient (Wildman–Crippen LogP) is 2.52. The molecular weight excluding hydrogens is 253 g/mol. The summed E-state index contributed by atoms with van der Waals surface area (Å²) in [4.78, 5) is 0. The largest absolute Gasteiger partial charge is 0.300 e. The van der Waals surface area contributed by atoms with Crippen molar-refractivity contribution in [3.05, 3.63) is 35.6 Å². The Hall–Kier alpha value is -0.650. The Morgan fingerprint density at radius 1 is 1.38 bits per heavy atom. The lowest BCUT2D eigenvalue weighted by atomic mass is 10.2. The second kappa shape index (κ2) is 5.12. The summed E-state index contributed by atoms with van der Waals surface area (Å²) in [6, 6.07) is 5.70. The number of benzene rings is 1. The number of halogens is 2. The highest BCUT2D eigenvalue weighted by atomic mass is 35.7. The Morgan fingerprint density at radius 3 is 2.38 bits per heavy atom. The average molecular weight is 266 g/mol. The molecule has 0 spiro atoms. The molecule has 0 aromatic heterocycles. The normalized spacial score (nSPS) is 12.4. The summed E-state index contributed by atoms with van der Waals surface area (Å²) in [7, 11) is 1.43. The first-order valence-electron chi connectivity index (χ1n) is 4.77. The zero-order valence-electron chi connectivity index (χ0n) is 9.02. The first kappa shape index (κ1) is 13.4. The number of rotatable bonds is 4. The minimum absolute atomic E-state index is 0.0594. The molecule has 0 heterocycles. The van der Waals surface area contributed by atoms with Gasteiger partial charge in [0, 0.05) is 28.8 Å². The van der Waals surface area contributed by atoms with Gasteiger partial charge in [-0.2, -0.15) is 12.7 Å². The average Bonchev–Trinajstić information content (AvgIpc) is 2.14. The topological polar surface area (TPSA) is 37.4 Å². The van der Waals surface area contributed by atoms with Gasteiger partial charge in [-0.25, -0.2) is 4.39 Å². The van der Waals surface area contributed by atoms with Crippen LogP contribution in [0.4, 0.5) is 4.39 Å². The van der Waals surface area contributed by atoms with Gasteiger partial charge in [-0.3, -0.25) is 0 Å². The van der Waals surface area contributed by atoms with Gasteiger partial charge in [-0.15, -0.1) is 0 Å². The molecule has 16 heavy (non-hydrogen) atoms. The summed E-state index contributed by atoms with van der Waals surface area (Å²) in [6.45, 7) is 3.30. The quantitative estimate of drug-likeness (QED) is 0.785. The van der Waals surface area contributed by atoms with Crippen LogP contribution in [-0.4, -0.2) is 18.8 Å². The van der Waals surface area contributed by atoms with Gasteiger partial charge >= 0.3 is 0 Å². The van der Waals surface area contributed by atoms with Crippen LogP contribution in [0.1, 0.15) is 19.4 Å². The molecule has 1 rings (SSSR count). The third kappa shape index (κ3) is 3.43. The Kier molecular flexibility index (Phi) is 4.29. The van der Waals surface area contributed by atoms with Crippen LogP contribution in [0.2, 0.25) is 0 Å². The van der Waals surface area contributed by atoms with Crippen molar-refractivity contribution in [2.24, 2.45) is 0 Å². The van der Waals surface area contributed by atoms with Crippen molar-refractivity contribution in [2.75, 3.05) is 0 Å². The maximum Gasteiger partial charge on any atom is 0.300 e. The van der Waals surface area contributed by atoms with Gasteiger partial charge in [0.15, 0.2) is 0 Å². The smallest absolute Gasteiger partial charge is 0.207 e. The molecule has 0 saturated heterocycles. The second-order valence-electron chi connectivity index (χ2n) is 3.67. The van der Waals surface area contributed by atoms with E-state index in [-0.39, 0.29) is 12.6 Å². The first-order valence-corrected chi connectivity index (χ1v) is 7.04. The second-order valence-corrected chi connectivity index (χ2v) is 6.14. The SMILES string of the molecule is CC(C)N(Cc1ccccc1F)S(=O)(=O)Cl. The molecule has 3 nitrogen and oxygen atoms in total. The van der Waals surface area contributed by atoms with Gasteiger partial charge < -0.3 is 0 Å². The molecule has 0 N–H and O–H groups in total. The van der Waals surface area contributed by atoms with E-state index in [0.717, 1.165) is 4.31 Å². The minimum atomic E-state index is -3.84. The maximum atomic E-state index is 13.3. The van der Waals surface area contributed by atoms with E-state index in [1.165, 1.54) is 12.1 Å². The molecule has 0 radical (unpaired) electrons. The molecule has 0 amide bonds. The highest BCUT2D eigenvalue weighted by Crippen LogP contribution is 2.17. The van der Waals surface area contributed by atoms with Crippen LogP contribution in [0.3, 0.4) is 0 Å². The van der Waals surface area contributed by atoms with Crippen molar-refractivity contribution in [1.29, 1.82) is 0 Å². The van der Waals surface area contributed by atoms with Gasteiger partial charge in [-0.05, 0) is 19.9 Å². The molecule has 0 aliphatic rings. The fourth-order valence-electron chi connectivity index (χ4n) is 1.31. The van der Waals surface area contributed by atoms with Crippen LogP contribution in [-0.2, 0) is 15.8 Å². The van der Waals surface area contributed by atoms with Gasteiger partial charge in [0.1, 0.15) is 5.82 Å². The van der Waals surface area contributed by atoms with Crippen molar-refractivity contribution in [3.8, 4) is 0 Å². The van der Waals surface area contributed by atoms with Crippen molar-refractivity contribution in [3.63, 3.8) is 0 Å². The van der Waals surface area contributed by atoms with Crippen molar-refractivity contribution in [1.82, 2.24) is 4.31 Å². The van der Waals surface area contributed by atoms with Crippen molar-refractivity contribution < 1.29 is 12.8 Å². The molecule has 0 saturated carbocycles. The van der Waals surface area contributed by atoms with Crippen LogP contribution in [0.5, 0.6) is 0 Å². The lowest BCUT2D eigenvalue weighted by Gasteiger charge is -2.22. The molecule has 0 atom stereocenters. The fraction of sp³-hybridized carbons (Fsp3) is 0.400. The number of nitrogens with zero attached hydrogens (tertiary/aromatic N) is 1. The van der Waals surface area contributed by atoms with Gasteiger partial charge in [-0.1, -0.05) is 18.2 Å². The van der Waals surface area contributed by atoms with Gasteiger partial charge in [0.05, 0.1) is 0 Å². The molecule has 0 aliphatic carbocycles. The van der Waals surface area contributed by atoms with Crippen LogP contribution in [0.15, 0.2) is 24.3 Å². The lowest BCUT2D eigenvalue weighted by Crippen LogP contribution is -2.33. The fourth-order valence-corrected chi connectivity index (χ4v) is 2.73. The summed E-state index contributed by atoms with van der Waals surface area (Å²) in [5, 5.41) is 0. The standard InChI is InChI=1S/C10H13ClFNO2S/c1-8(2)13(16(11,14)15)7-9-5-3-4-6-10(9)12/h3-6,8H,7H2,1-2H3. The predicted molar refractivity (Wildman–Crippen MR) is 61.9 cm³/mol. The van der Waals surface area contributed by atoms with E-state index < -0.39 is 15.1 Å². The molecule has 90 valence electrons. The maximum absolute atomic E-state index is 13.3. The highest BCUT2D eigenvalue weighted by molar-refractivity contribution is 8.11. The Morgan fingerprint density at radius 2 is 1.94 bits per heavy atom. The molecule has 6 heteroatoms. The zero-order chi connectivity index (χ0) is 12.3. The zero-order valence-corrected chi connectivity index (χ0v) is 10.6. The Labute approximate surface area is 99.4 Å². The third-order valence-electron chi connectivity index (χ3n) is 2.14. The summed E-state index contributed by atoms with van der Waals surface area (Å²) in [5.41, 5.74) is 0.306. The van der Waals surface area contributed by atoms with Crippen LogP contribution in [0, 0.1) is 5.82 Å². The molecule has 0 aliphatic heterocycles. The van der Waals surface area contributed by atoms with E-state index in [9.17, 15) is 12.8 Å². The Bertz CT molecular complexity index is 462. The molecule has 0 unspecified atom stereocenters. The third-order valence-corrected chi connectivity index (χ3v) is 3.78. The molecule has 1 aromatic carbocycles. The summed E-state index contributed by atoms with van der Waals surface area (Å²) in [5.74, 6) is -0.437. The molecule has 1 aromatic rings. The molecule has 0 fully saturated rings. The van der Waals surface area contributed by atoms with Crippen LogP contribution < -0.4 is 0 Å². The first-order chi connectivity index (χ1) is 7.32. The minimum Gasteiger partial charge on any atom is -0.207 e. The van der Waals surface area contributed by atoms with Crippen LogP contribution in [0.25, 0.3) is 0 Å². The van der Waals surface area contributed by atoms with Gasteiger partial charge in [0.25, 0.3) is 9.24 Å². The van der Waals surface area contributed by atoms with E-state index in [4.69, 9.17) is 10.7 Å². The highest BCUT2D eigenvalue weighted by Gasteiger charge is 2.23. The van der Waals surface area contributed by atoms with E-state index in [0.29, 0.717) is 5.56 Å². The molecular formula is C10H13ClFNO2S. The summed E-state index contributed by atoms with van der Waals surface area (Å²) >= 11 is 0. The van der Waals surface area contributed by atoms with E-state index >= 15 is 0 Å². The number of hydrogen-bond donors (Lipinski definition) is 0. The number of hydrogen-bond acceptors (Lipinski definition) is 2. The Balaban J connectivity index is 2.98. The van der Waals surface area contributed by atoms with Crippen molar-refractivity contribution in [2.45, 2.75) is 26.4 Å². The molecule has 0 bridgehead atoms. The monoisotopic (exact) mass is 265 g/mol. The summed E-state index contributed by atoms with van der Waals surface area (Å²) < 4.78 is 36.9.